The Bertz CT molecular complexity index is 1070. The average molecular weight is 424 g/mol. The summed E-state index contributed by atoms with van der Waals surface area (Å²) in [7, 11) is 0. The molecule has 0 spiro atoms. The Balaban J connectivity index is 2.11. The largest absolute Gasteiger partial charge is 0.508 e. The van der Waals surface area contributed by atoms with Gasteiger partial charge in [-0.2, -0.15) is 0 Å². The molecule has 0 bridgehead atoms. The highest BCUT2D eigenvalue weighted by Crippen LogP contribution is 2.38. The molecular weight excluding hydrogens is 394 g/mol. The highest BCUT2D eigenvalue weighted by atomic mass is 16.3. The van der Waals surface area contributed by atoms with Gasteiger partial charge in [0.15, 0.2) is 5.82 Å². The molecule has 2 aromatic carbocycles. The summed E-state index contributed by atoms with van der Waals surface area (Å²) >= 11 is 0. The van der Waals surface area contributed by atoms with Crippen molar-refractivity contribution in [2.45, 2.75) is 40.2 Å². The van der Waals surface area contributed by atoms with Crippen LogP contribution in [0.15, 0.2) is 36.4 Å². The maximum Gasteiger partial charge on any atom is 0.287 e. The Morgan fingerprint density at radius 3 is 2.26 bits per heavy atom. The summed E-state index contributed by atoms with van der Waals surface area (Å²) in [5.41, 5.74) is 8.33. The van der Waals surface area contributed by atoms with Crippen molar-refractivity contribution in [2.75, 3.05) is 13.1 Å². The molecule has 0 radical (unpaired) electrons. The first-order valence-corrected chi connectivity index (χ1v) is 10.4. The predicted octanol–water partition coefficient (Wildman–Crippen LogP) is 3.41. The van der Waals surface area contributed by atoms with Crippen LogP contribution in [-0.2, 0) is 6.54 Å². The lowest BCUT2D eigenvalue weighted by molar-refractivity contribution is 0.0988. The van der Waals surface area contributed by atoms with Crippen LogP contribution in [0.3, 0.4) is 0 Å². The molecule has 0 unspecified atom stereocenters. The lowest BCUT2D eigenvalue weighted by Gasteiger charge is -2.18. The fourth-order valence-electron chi connectivity index (χ4n) is 3.55. The van der Waals surface area contributed by atoms with Gasteiger partial charge in [0.1, 0.15) is 11.5 Å². The van der Waals surface area contributed by atoms with Gasteiger partial charge in [0.25, 0.3) is 5.91 Å². The van der Waals surface area contributed by atoms with Crippen LogP contribution in [-0.4, -0.2) is 48.9 Å². The normalized spacial score (nSPS) is 11.4. The fraction of sp³-hybridized carbons (Fsp3) is 0.348. The molecule has 164 valence electrons. The first kappa shape index (κ1) is 22.3. The third-order valence-electron chi connectivity index (χ3n) is 5.39. The summed E-state index contributed by atoms with van der Waals surface area (Å²) in [6.45, 7) is 10.8. The van der Waals surface area contributed by atoms with Crippen LogP contribution < -0.4 is 5.73 Å². The van der Waals surface area contributed by atoms with Gasteiger partial charge in [0.05, 0.1) is 5.56 Å². The van der Waals surface area contributed by atoms with E-state index in [-0.39, 0.29) is 29.1 Å². The summed E-state index contributed by atoms with van der Waals surface area (Å²) < 4.78 is 1.53. The Morgan fingerprint density at radius 1 is 1.06 bits per heavy atom. The van der Waals surface area contributed by atoms with E-state index in [1.165, 1.54) is 10.6 Å². The molecule has 0 aliphatic heterocycles. The van der Waals surface area contributed by atoms with E-state index in [0.29, 0.717) is 16.8 Å². The number of benzene rings is 2. The van der Waals surface area contributed by atoms with E-state index in [0.717, 1.165) is 25.2 Å². The number of primary amides is 1. The summed E-state index contributed by atoms with van der Waals surface area (Å²) in [6, 6.07) is 10.7. The molecule has 1 heterocycles. The molecule has 3 aromatic rings. The van der Waals surface area contributed by atoms with Crippen molar-refractivity contribution in [3.8, 4) is 28.6 Å². The van der Waals surface area contributed by atoms with Gasteiger partial charge < -0.3 is 15.9 Å². The van der Waals surface area contributed by atoms with Gasteiger partial charge in [-0.1, -0.05) is 39.8 Å². The van der Waals surface area contributed by atoms with Crippen LogP contribution in [0.5, 0.6) is 11.5 Å². The highest BCUT2D eigenvalue weighted by Gasteiger charge is 2.23. The maximum absolute atomic E-state index is 12.0. The summed E-state index contributed by atoms with van der Waals surface area (Å²) in [6.07, 6.45) is 0. The third-order valence-corrected chi connectivity index (χ3v) is 5.39. The second-order valence-corrected chi connectivity index (χ2v) is 7.76. The minimum atomic E-state index is -0.728. The van der Waals surface area contributed by atoms with E-state index in [4.69, 9.17) is 5.73 Å². The van der Waals surface area contributed by atoms with Crippen molar-refractivity contribution in [3.63, 3.8) is 0 Å². The Kier molecular flexibility index (Phi) is 6.60. The standard InChI is InChI=1S/C23H29N5O3/c1-5-27(6-2)13-15-7-9-16(10-8-15)28-22(25-26-23(28)21(24)31)18-11-17(14(3)4)19(29)12-20(18)30/h7-12,14,29-30H,5-6,13H2,1-4H3,(H2,24,31). The lowest BCUT2D eigenvalue weighted by Crippen LogP contribution is -2.22. The van der Waals surface area contributed by atoms with Crippen molar-refractivity contribution < 1.29 is 15.0 Å². The monoisotopic (exact) mass is 423 g/mol. The number of phenolic OH excluding ortho intramolecular Hbond substituents is 2. The fourth-order valence-corrected chi connectivity index (χ4v) is 3.55. The summed E-state index contributed by atoms with van der Waals surface area (Å²) in [5, 5.41) is 28.8. The first-order valence-electron chi connectivity index (χ1n) is 10.4. The van der Waals surface area contributed by atoms with Crippen molar-refractivity contribution in [1.29, 1.82) is 0 Å². The van der Waals surface area contributed by atoms with Crippen LogP contribution in [0.4, 0.5) is 0 Å². The van der Waals surface area contributed by atoms with E-state index < -0.39 is 5.91 Å². The van der Waals surface area contributed by atoms with Crippen molar-refractivity contribution >= 4 is 5.91 Å². The molecule has 4 N–H and O–H groups in total. The molecule has 1 aromatic heterocycles. The van der Waals surface area contributed by atoms with Crippen LogP contribution in [0.1, 0.15) is 55.4 Å². The quantitative estimate of drug-likeness (QED) is 0.511. The number of nitrogens with two attached hydrogens (primary N) is 1. The van der Waals surface area contributed by atoms with E-state index in [9.17, 15) is 15.0 Å². The first-order chi connectivity index (χ1) is 14.8. The number of hydrogen-bond donors (Lipinski definition) is 3. The van der Waals surface area contributed by atoms with Crippen LogP contribution in [0.25, 0.3) is 17.1 Å². The topological polar surface area (TPSA) is 118 Å². The predicted molar refractivity (Wildman–Crippen MR) is 119 cm³/mol. The molecule has 0 saturated heterocycles. The molecule has 3 rings (SSSR count). The van der Waals surface area contributed by atoms with Gasteiger partial charge >= 0.3 is 0 Å². The molecular formula is C23H29N5O3. The number of amides is 1. The van der Waals surface area contributed by atoms with Gasteiger partial charge in [-0.15, -0.1) is 10.2 Å². The minimum Gasteiger partial charge on any atom is -0.508 e. The average Bonchev–Trinajstić information content (AvgIpc) is 3.17. The minimum absolute atomic E-state index is 0.00167. The Hall–Kier alpha value is -3.39. The molecule has 0 saturated carbocycles. The van der Waals surface area contributed by atoms with E-state index in [1.54, 1.807) is 6.07 Å². The molecule has 0 fully saturated rings. The molecule has 0 aliphatic rings. The smallest absolute Gasteiger partial charge is 0.287 e. The summed E-state index contributed by atoms with van der Waals surface area (Å²) in [4.78, 5) is 14.3. The SMILES string of the molecule is CCN(CC)Cc1ccc(-n2c(C(N)=O)nnc2-c2cc(C(C)C)c(O)cc2O)cc1. The number of carbonyl (C=O) groups is 1. The van der Waals surface area contributed by atoms with Crippen LogP contribution in [0, 0.1) is 0 Å². The van der Waals surface area contributed by atoms with Crippen molar-refractivity contribution in [3.05, 3.63) is 53.3 Å². The third kappa shape index (κ3) is 4.54. The lowest BCUT2D eigenvalue weighted by atomic mass is 9.98. The van der Waals surface area contributed by atoms with Crippen LogP contribution in [0.2, 0.25) is 0 Å². The van der Waals surface area contributed by atoms with Gasteiger partial charge in [0, 0.05) is 18.3 Å². The van der Waals surface area contributed by atoms with Crippen molar-refractivity contribution in [1.82, 2.24) is 19.7 Å². The van der Waals surface area contributed by atoms with Crippen LogP contribution >= 0.6 is 0 Å². The number of aromatic hydroxyl groups is 2. The van der Waals surface area contributed by atoms with E-state index >= 15 is 0 Å². The van der Waals surface area contributed by atoms with Gasteiger partial charge in [0.2, 0.25) is 5.82 Å². The number of hydrogen-bond acceptors (Lipinski definition) is 6. The molecule has 1 amide bonds. The second kappa shape index (κ2) is 9.18. The highest BCUT2D eigenvalue weighted by molar-refractivity contribution is 5.90. The number of carbonyl (C=O) groups excluding carboxylic acids is 1. The maximum atomic E-state index is 12.0. The zero-order valence-corrected chi connectivity index (χ0v) is 18.3. The van der Waals surface area contributed by atoms with E-state index in [2.05, 4.69) is 28.9 Å². The molecule has 8 heteroatoms. The van der Waals surface area contributed by atoms with E-state index in [1.807, 2.05) is 38.1 Å². The van der Waals surface area contributed by atoms with Crippen molar-refractivity contribution in [2.24, 2.45) is 5.73 Å². The molecule has 0 aliphatic carbocycles. The summed E-state index contributed by atoms with van der Waals surface area (Å²) in [5.74, 6) is -0.642. The number of nitrogens with zero attached hydrogens (tertiary/aromatic N) is 4. The molecule has 8 nitrogen and oxygen atoms in total. The Morgan fingerprint density at radius 2 is 1.71 bits per heavy atom. The zero-order chi connectivity index (χ0) is 22.7. The molecule has 0 atom stereocenters. The Labute approximate surface area is 182 Å². The second-order valence-electron chi connectivity index (χ2n) is 7.76. The van der Waals surface area contributed by atoms with Gasteiger partial charge in [-0.25, -0.2) is 0 Å². The molecule has 31 heavy (non-hydrogen) atoms. The zero-order valence-electron chi connectivity index (χ0n) is 18.3. The van der Waals surface area contributed by atoms with Gasteiger partial charge in [-0.3, -0.25) is 14.3 Å². The number of aromatic nitrogens is 3. The number of rotatable bonds is 8. The van der Waals surface area contributed by atoms with Gasteiger partial charge in [-0.05, 0) is 48.3 Å². The number of phenols is 2.